The lowest BCUT2D eigenvalue weighted by atomic mass is 10.1. The number of carbonyl (C=O) groups is 5. The van der Waals surface area contributed by atoms with Crippen LogP contribution in [0.5, 0.6) is 0 Å². The number of aliphatic hydroxyl groups is 1. The number of rotatable bonds is 10. The van der Waals surface area contributed by atoms with Gasteiger partial charge in [0.2, 0.25) is 17.7 Å². The van der Waals surface area contributed by atoms with Gasteiger partial charge in [-0.2, -0.15) is 0 Å². The Hall–Kier alpha value is -2.73. The second kappa shape index (κ2) is 10.1. The molecule has 0 aromatic rings. The van der Waals surface area contributed by atoms with Gasteiger partial charge in [-0.25, -0.2) is 0 Å². The fraction of sp³-hybridized carbons (Fsp3) is 0.583. The van der Waals surface area contributed by atoms with E-state index in [1.54, 1.807) is 0 Å². The molecule has 0 radical (unpaired) electrons. The first-order chi connectivity index (χ1) is 11.1. The molecule has 24 heavy (non-hydrogen) atoms. The van der Waals surface area contributed by atoms with E-state index in [9.17, 15) is 24.0 Å². The topological polar surface area (TPSA) is 208 Å². The summed E-state index contributed by atoms with van der Waals surface area (Å²) in [7, 11) is 0. The van der Waals surface area contributed by atoms with E-state index < -0.39 is 67.4 Å². The molecule has 0 rings (SSSR count). The van der Waals surface area contributed by atoms with Crippen molar-refractivity contribution in [2.75, 3.05) is 13.2 Å². The molecule has 0 spiro atoms. The molecule has 3 amide bonds. The Kier molecular flexibility index (Phi) is 8.97. The van der Waals surface area contributed by atoms with Crippen molar-refractivity contribution in [3.63, 3.8) is 0 Å². The van der Waals surface area contributed by atoms with Crippen LogP contribution >= 0.6 is 0 Å². The third-order valence-corrected chi connectivity index (χ3v) is 2.65. The molecule has 0 aliphatic heterocycles. The SMILES string of the molecule is CC(N)C(=O)NC(CO)C(=O)NC(CC(=O)O)C(=O)NCC(=O)O. The van der Waals surface area contributed by atoms with Crippen LogP contribution in [0.15, 0.2) is 0 Å². The number of aliphatic carboxylic acids is 2. The molecule has 0 aliphatic carbocycles. The number of hydrogen-bond acceptors (Lipinski definition) is 7. The first-order valence-corrected chi connectivity index (χ1v) is 6.77. The monoisotopic (exact) mass is 348 g/mol. The molecule has 3 atom stereocenters. The van der Waals surface area contributed by atoms with Gasteiger partial charge in [-0.1, -0.05) is 0 Å². The lowest BCUT2D eigenvalue weighted by molar-refractivity contribution is -0.141. The fourth-order valence-electron chi connectivity index (χ4n) is 1.44. The maximum Gasteiger partial charge on any atom is 0.322 e. The Labute approximate surface area is 136 Å². The first kappa shape index (κ1) is 21.3. The quantitative estimate of drug-likeness (QED) is 0.205. The Morgan fingerprint density at radius 1 is 0.917 bits per heavy atom. The minimum atomic E-state index is -1.59. The van der Waals surface area contributed by atoms with Crippen LogP contribution in [0.1, 0.15) is 13.3 Å². The second-order valence-corrected chi connectivity index (χ2v) is 4.80. The van der Waals surface area contributed by atoms with E-state index in [0.29, 0.717) is 0 Å². The molecule has 136 valence electrons. The lowest BCUT2D eigenvalue weighted by Crippen LogP contribution is -2.57. The van der Waals surface area contributed by atoms with Crippen LogP contribution in [0.3, 0.4) is 0 Å². The number of hydrogen-bond donors (Lipinski definition) is 7. The molecule has 0 bridgehead atoms. The first-order valence-electron chi connectivity index (χ1n) is 6.77. The van der Waals surface area contributed by atoms with E-state index in [1.165, 1.54) is 6.92 Å². The molecule has 12 heteroatoms. The number of nitrogens with one attached hydrogen (secondary N) is 3. The molecular formula is C12H20N4O8. The molecule has 0 aliphatic rings. The van der Waals surface area contributed by atoms with Crippen molar-refractivity contribution in [3.05, 3.63) is 0 Å². The number of aliphatic hydroxyl groups excluding tert-OH is 1. The van der Waals surface area contributed by atoms with Crippen molar-refractivity contribution in [2.24, 2.45) is 5.73 Å². The summed E-state index contributed by atoms with van der Waals surface area (Å²) in [5, 5.41) is 32.4. The minimum Gasteiger partial charge on any atom is -0.481 e. The number of amides is 3. The molecular weight excluding hydrogens is 328 g/mol. The predicted molar refractivity (Wildman–Crippen MR) is 77.5 cm³/mol. The van der Waals surface area contributed by atoms with Crippen molar-refractivity contribution in [1.29, 1.82) is 0 Å². The molecule has 0 fully saturated rings. The summed E-state index contributed by atoms with van der Waals surface area (Å²) in [4.78, 5) is 56.3. The van der Waals surface area contributed by atoms with Gasteiger partial charge in [-0.05, 0) is 6.92 Å². The Balaban J connectivity index is 4.94. The zero-order valence-corrected chi connectivity index (χ0v) is 12.8. The second-order valence-electron chi connectivity index (χ2n) is 4.80. The molecule has 8 N–H and O–H groups in total. The maximum absolute atomic E-state index is 12.0. The minimum absolute atomic E-state index is 0.741. The zero-order chi connectivity index (χ0) is 18.9. The summed E-state index contributed by atoms with van der Waals surface area (Å²) in [5.74, 6) is -5.59. The molecule has 0 saturated carbocycles. The van der Waals surface area contributed by atoms with Crippen LogP contribution in [0, 0.1) is 0 Å². The van der Waals surface area contributed by atoms with Gasteiger partial charge in [0, 0.05) is 0 Å². The van der Waals surface area contributed by atoms with E-state index in [2.05, 4.69) is 5.32 Å². The van der Waals surface area contributed by atoms with Gasteiger partial charge in [0.25, 0.3) is 0 Å². The van der Waals surface area contributed by atoms with E-state index in [1.807, 2.05) is 10.6 Å². The smallest absolute Gasteiger partial charge is 0.322 e. The van der Waals surface area contributed by atoms with E-state index in [-0.39, 0.29) is 0 Å². The normalized spacial score (nSPS) is 14.0. The van der Waals surface area contributed by atoms with Crippen LogP contribution < -0.4 is 21.7 Å². The average Bonchev–Trinajstić information content (AvgIpc) is 2.48. The number of carboxylic acids is 2. The fourth-order valence-corrected chi connectivity index (χ4v) is 1.44. The summed E-state index contributed by atoms with van der Waals surface area (Å²) < 4.78 is 0. The number of carboxylic acid groups (broad SMARTS) is 2. The molecule has 0 aromatic carbocycles. The van der Waals surface area contributed by atoms with E-state index in [0.717, 1.165) is 0 Å². The van der Waals surface area contributed by atoms with Gasteiger partial charge in [-0.15, -0.1) is 0 Å². The van der Waals surface area contributed by atoms with Crippen molar-refractivity contribution < 1.29 is 39.3 Å². The Morgan fingerprint density at radius 3 is 1.88 bits per heavy atom. The average molecular weight is 348 g/mol. The predicted octanol–water partition coefficient (Wildman–Crippen LogP) is -4.03. The highest BCUT2D eigenvalue weighted by Crippen LogP contribution is 1.96. The van der Waals surface area contributed by atoms with Crippen molar-refractivity contribution in [2.45, 2.75) is 31.5 Å². The number of carbonyl (C=O) groups excluding carboxylic acids is 3. The molecule has 3 unspecified atom stereocenters. The van der Waals surface area contributed by atoms with E-state index in [4.69, 9.17) is 21.1 Å². The van der Waals surface area contributed by atoms with Crippen molar-refractivity contribution in [3.8, 4) is 0 Å². The highest BCUT2D eigenvalue weighted by Gasteiger charge is 2.28. The van der Waals surface area contributed by atoms with Crippen molar-refractivity contribution in [1.82, 2.24) is 16.0 Å². The standard InChI is InChI=1S/C12H20N4O8/c1-5(13)10(22)16-7(4-17)12(24)15-6(2-8(18)19)11(23)14-3-9(20)21/h5-7,17H,2-4,13H2,1H3,(H,14,23)(H,15,24)(H,16,22)(H,18,19)(H,20,21). The van der Waals surface area contributed by atoms with Gasteiger partial charge in [0.1, 0.15) is 18.6 Å². The third-order valence-electron chi connectivity index (χ3n) is 2.65. The summed E-state index contributed by atoms with van der Waals surface area (Å²) in [6.45, 7) is -0.245. The maximum atomic E-state index is 12.0. The summed E-state index contributed by atoms with van der Waals surface area (Å²) >= 11 is 0. The molecule has 0 heterocycles. The van der Waals surface area contributed by atoms with Crippen LogP contribution in [-0.2, 0) is 24.0 Å². The van der Waals surface area contributed by atoms with Gasteiger partial charge < -0.3 is 37.0 Å². The van der Waals surface area contributed by atoms with Crippen LogP contribution in [-0.4, -0.2) is 76.3 Å². The summed E-state index contributed by atoms with van der Waals surface area (Å²) in [6, 6.07) is -4.00. The summed E-state index contributed by atoms with van der Waals surface area (Å²) in [6.07, 6.45) is -0.823. The molecule has 0 aromatic heterocycles. The van der Waals surface area contributed by atoms with Gasteiger partial charge in [0.05, 0.1) is 19.1 Å². The lowest BCUT2D eigenvalue weighted by Gasteiger charge is -2.21. The highest BCUT2D eigenvalue weighted by atomic mass is 16.4. The van der Waals surface area contributed by atoms with E-state index >= 15 is 0 Å². The van der Waals surface area contributed by atoms with Crippen molar-refractivity contribution >= 4 is 29.7 Å². The highest BCUT2D eigenvalue weighted by molar-refractivity contribution is 5.95. The van der Waals surface area contributed by atoms with Gasteiger partial charge >= 0.3 is 11.9 Å². The van der Waals surface area contributed by atoms with Gasteiger partial charge in [-0.3, -0.25) is 24.0 Å². The third kappa shape index (κ3) is 8.05. The van der Waals surface area contributed by atoms with Crippen LogP contribution in [0.4, 0.5) is 0 Å². The zero-order valence-electron chi connectivity index (χ0n) is 12.8. The molecule has 12 nitrogen and oxygen atoms in total. The largest absolute Gasteiger partial charge is 0.481 e. The van der Waals surface area contributed by atoms with Gasteiger partial charge in [0.15, 0.2) is 0 Å². The molecule has 0 saturated heterocycles. The Bertz CT molecular complexity index is 507. The van der Waals surface area contributed by atoms with Crippen LogP contribution in [0.25, 0.3) is 0 Å². The Morgan fingerprint density at radius 2 is 1.46 bits per heavy atom. The van der Waals surface area contributed by atoms with Crippen LogP contribution in [0.2, 0.25) is 0 Å². The summed E-state index contributed by atoms with van der Waals surface area (Å²) in [5.41, 5.74) is 5.30. The number of nitrogens with two attached hydrogens (primary N) is 1.